The van der Waals surface area contributed by atoms with E-state index in [1.54, 1.807) is 42.0 Å². The van der Waals surface area contributed by atoms with Crippen LogP contribution in [0.3, 0.4) is 0 Å². The summed E-state index contributed by atoms with van der Waals surface area (Å²) in [5, 5.41) is 15.7. The van der Waals surface area contributed by atoms with Gasteiger partial charge >= 0.3 is 0 Å². The van der Waals surface area contributed by atoms with Crippen molar-refractivity contribution in [2.75, 3.05) is 27.1 Å². The lowest BCUT2D eigenvalue weighted by Crippen LogP contribution is -2.28. The second kappa shape index (κ2) is 8.42. The Kier molecular flexibility index (Phi) is 5.16. The van der Waals surface area contributed by atoms with Crippen LogP contribution in [-0.4, -0.2) is 52.8 Å². The number of para-hydroxylation sites is 1. The summed E-state index contributed by atoms with van der Waals surface area (Å²) in [6.07, 6.45) is 0. The van der Waals surface area contributed by atoms with Gasteiger partial charge in [-0.1, -0.05) is 12.1 Å². The van der Waals surface area contributed by atoms with Crippen LogP contribution in [0, 0.1) is 0 Å². The third-order valence-corrected chi connectivity index (χ3v) is 4.86. The molecule has 1 amide bonds. The molecular formula is C22H19N5O5. The van der Waals surface area contributed by atoms with E-state index in [9.17, 15) is 4.79 Å². The Labute approximate surface area is 182 Å². The molecule has 10 nitrogen and oxygen atoms in total. The molecule has 0 radical (unpaired) electrons. The minimum absolute atomic E-state index is 0.163. The van der Waals surface area contributed by atoms with Gasteiger partial charge in [-0.15, -0.1) is 15.3 Å². The van der Waals surface area contributed by atoms with Crippen molar-refractivity contribution in [2.45, 2.75) is 0 Å². The molecule has 0 aliphatic carbocycles. The van der Waals surface area contributed by atoms with Gasteiger partial charge in [0.05, 0.1) is 19.2 Å². The smallest absolute Gasteiger partial charge is 0.251 e. The van der Waals surface area contributed by atoms with E-state index in [1.165, 1.54) is 0 Å². The van der Waals surface area contributed by atoms with Gasteiger partial charge in [0.25, 0.3) is 5.91 Å². The Balaban J connectivity index is 1.24. The highest BCUT2D eigenvalue weighted by Crippen LogP contribution is 2.32. The maximum atomic E-state index is 12.3. The predicted molar refractivity (Wildman–Crippen MR) is 113 cm³/mol. The van der Waals surface area contributed by atoms with Crippen LogP contribution >= 0.6 is 0 Å². The molecule has 2 aromatic carbocycles. The van der Waals surface area contributed by atoms with Crippen LogP contribution in [0.5, 0.6) is 23.1 Å². The van der Waals surface area contributed by atoms with Crippen molar-refractivity contribution in [3.63, 3.8) is 0 Å². The van der Waals surface area contributed by atoms with Gasteiger partial charge in [-0.3, -0.25) is 4.79 Å². The predicted octanol–water partition coefficient (Wildman–Crippen LogP) is 2.34. The summed E-state index contributed by atoms with van der Waals surface area (Å²) in [5.74, 6) is 2.55. The molecule has 0 unspecified atom stereocenters. The van der Waals surface area contributed by atoms with E-state index in [0.29, 0.717) is 46.7 Å². The zero-order valence-corrected chi connectivity index (χ0v) is 17.1. The van der Waals surface area contributed by atoms with Crippen molar-refractivity contribution < 1.29 is 23.7 Å². The van der Waals surface area contributed by atoms with Crippen LogP contribution in [0.25, 0.3) is 17.0 Å². The third kappa shape index (κ3) is 3.73. The number of nitrogens with zero attached hydrogens (tertiary/aromatic N) is 4. The van der Waals surface area contributed by atoms with E-state index >= 15 is 0 Å². The standard InChI is InChI=1S/C22H19N5O5/c1-29-16-5-3-2-4-15(16)21-25-24-19-8-9-20(26-27(19)21)30-11-10-23-22(28)14-6-7-17-18(12-14)32-13-31-17/h2-9,12H,10-11,13H2,1H3,(H,23,28). The number of hydrogen-bond donors (Lipinski definition) is 1. The second-order valence-electron chi connectivity index (χ2n) is 6.84. The van der Waals surface area contributed by atoms with Gasteiger partial charge in [0, 0.05) is 11.6 Å². The summed E-state index contributed by atoms with van der Waals surface area (Å²) in [6.45, 7) is 0.701. The molecule has 1 aliphatic rings. The fourth-order valence-electron chi connectivity index (χ4n) is 3.31. The fourth-order valence-corrected chi connectivity index (χ4v) is 3.31. The summed E-state index contributed by atoms with van der Waals surface area (Å²) in [4.78, 5) is 12.3. The lowest BCUT2D eigenvalue weighted by atomic mass is 10.2. The summed E-state index contributed by atoms with van der Waals surface area (Å²) in [7, 11) is 1.60. The summed E-state index contributed by atoms with van der Waals surface area (Å²) in [6, 6.07) is 16.0. The highest BCUT2D eigenvalue weighted by Gasteiger charge is 2.16. The first-order valence-corrected chi connectivity index (χ1v) is 9.89. The molecule has 0 saturated heterocycles. The number of nitrogens with one attached hydrogen (secondary N) is 1. The number of ether oxygens (including phenoxy) is 4. The zero-order chi connectivity index (χ0) is 21.9. The van der Waals surface area contributed by atoms with Crippen molar-refractivity contribution in [2.24, 2.45) is 0 Å². The molecule has 0 fully saturated rings. The molecule has 3 heterocycles. The SMILES string of the molecule is COc1ccccc1-c1nnc2ccc(OCCNC(=O)c3ccc4c(c3)OCO4)nn12. The van der Waals surface area contributed by atoms with Crippen molar-refractivity contribution in [3.05, 3.63) is 60.2 Å². The van der Waals surface area contributed by atoms with Crippen LogP contribution in [0.2, 0.25) is 0 Å². The van der Waals surface area contributed by atoms with Crippen LogP contribution in [0.1, 0.15) is 10.4 Å². The van der Waals surface area contributed by atoms with Gasteiger partial charge in [0.15, 0.2) is 23.0 Å². The van der Waals surface area contributed by atoms with E-state index in [1.807, 2.05) is 24.3 Å². The van der Waals surface area contributed by atoms with Gasteiger partial charge in [0.1, 0.15) is 12.4 Å². The second-order valence-corrected chi connectivity index (χ2v) is 6.84. The van der Waals surface area contributed by atoms with Gasteiger partial charge in [-0.25, -0.2) is 0 Å². The number of rotatable bonds is 7. The van der Waals surface area contributed by atoms with Crippen LogP contribution in [0.4, 0.5) is 0 Å². The molecule has 1 N–H and O–H groups in total. The molecule has 5 rings (SSSR count). The highest BCUT2D eigenvalue weighted by atomic mass is 16.7. The number of fused-ring (bicyclic) bond motifs is 2. The number of carbonyl (C=O) groups is 1. The number of carbonyl (C=O) groups excluding carboxylic acids is 1. The summed E-state index contributed by atoms with van der Waals surface area (Å²) in [5.41, 5.74) is 1.83. The minimum Gasteiger partial charge on any atom is -0.496 e. The maximum absolute atomic E-state index is 12.3. The monoisotopic (exact) mass is 433 g/mol. The summed E-state index contributed by atoms with van der Waals surface area (Å²) >= 11 is 0. The Bertz CT molecular complexity index is 1290. The minimum atomic E-state index is -0.229. The fraction of sp³-hybridized carbons (Fsp3) is 0.182. The third-order valence-electron chi connectivity index (χ3n) is 4.86. The van der Waals surface area contributed by atoms with E-state index < -0.39 is 0 Å². The molecule has 0 atom stereocenters. The van der Waals surface area contributed by atoms with E-state index in [-0.39, 0.29) is 19.3 Å². The first-order valence-electron chi connectivity index (χ1n) is 9.89. The lowest BCUT2D eigenvalue weighted by Gasteiger charge is -2.09. The highest BCUT2D eigenvalue weighted by molar-refractivity contribution is 5.94. The molecule has 0 saturated carbocycles. The number of amides is 1. The molecule has 4 aromatic rings. The molecular weight excluding hydrogens is 414 g/mol. The first kappa shape index (κ1) is 19.6. The lowest BCUT2D eigenvalue weighted by molar-refractivity contribution is 0.0946. The Morgan fingerprint density at radius 3 is 2.88 bits per heavy atom. The maximum Gasteiger partial charge on any atom is 0.251 e. The van der Waals surface area contributed by atoms with Crippen molar-refractivity contribution in [1.29, 1.82) is 0 Å². The van der Waals surface area contributed by atoms with E-state index in [0.717, 1.165) is 5.56 Å². The molecule has 1 aliphatic heterocycles. The van der Waals surface area contributed by atoms with Gasteiger partial charge in [-0.2, -0.15) is 4.52 Å². The van der Waals surface area contributed by atoms with Gasteiger partial charge in [-0.05, 0) is 36.4 Å². The van der Waals surface area contributed by atoms with Gasteiger partial charge < -0.3 is 24.3 Å². The topological polar surface area (TPSA) is 109 Å². The molecule has 0 spiro atoms. The Hall–Kier alpha value is -4.34. The Morgan fingerprint density at radius 2 is 1.97 bits per heavy atom. The average molecular weight is 433 g/mol. The molecule has 32 heavy (non-hydrogen) atoms. The largest absolute Gasteiger partial charge is 0.496 e. The van der Waals surface area contributed by atoms with Crippen molar-refractivity contribution >= 4 is 11.6 Å². The quantitative estimate of drug-likeness (QED) is 0.443. The molecule has 0 bridgehead atoms. The normalized spacial score (nSPS) is 12.0. The van der Waals surface area contributed by atoms with Crippen LogP contribution < -0.4 is 24.3 Å². The average Bonchev–Trinajstić information content (AvgIpc) is 3.47. The van der Waals surface area contributed by atoms with Gasteiger partial charge in [0.2, 0.25) is 12.7 Å². The van der Waals surface area contributed by atoms with Crippen molar-refractivity contribution in [3.8, 4) is 34.5 Å². The number of hydrogen-bond acceptors (Lipinski definition) is 8. The number of benzene rings is 2. The molecule has 162 valence electrons. The molecule has 10 heteroatoms. The summed E-state index contributed by atoms with van der Waals surface area (Å²) < 4.78 is 23.3. The van der Waals surface area contributed by atoms with E-state index in [2.05, 4.69) is 20.6 Å². The van der Waals surface area contributed by atoms with Crippen LogP contribution in [-0.2, 0) is 0 Å². The first-order chi connectivity index (χ1) is 15.7. The van der Waals surface area contributed by atoms with Crippen molar-refractivity contribution in [1.82, 2.24) is 25.1 Å². The van der Waals surface area contributed by atoms with Crippen LogP contribution in [0.15, 0.2) is 54.6 Å². The number of methoxy groups -OCH3 is 1. The molecule has 2 aromatic heterocycles. The number of aromatic nitrogens is 4. The zero-order valence-electron chi connectivity index (χ0n) is 17.1. The van der Waals surface area contributed by atoms with E-state index in [4.69, 9.17) is 18.9 Å². The Morgan fingerprint density at radius 1 is 1.09 bits per heavy atom.